The summed E-state index contributed by atoms with van der Waals surface area (Å²) in [4.78, 5) is 10.6. The number of carbonyl (C=O) groups excluding carboxylic acids is 1. The first-order valence-electron chi connectivity index (χ1n) is 6.28. The van der Waals surface area contributed by atoms with Crippen molar-refractivity contribution in [2.75, 3.05) is 14.2 Å². The number of carbonyl (C=O) groups is 1. The lowest BCUT2D eigenvalue weighted by molar-refractivity contribution is 0.249. The van der Waals surface area contributed by atoms with E-state index in [-0.39, 0.29) is 5.92 Å². The minimum atomic E-state index is -0.664. The smallest absolute Gasteiger partial charge is 0.332 e. The third kappa shape index (κ3) is 4.46. The summed E-state index contributed by atoms with van der Waals surface area (Å²) in [5, 5.41) is 3.93. The average molecular weight is 279 g/mol. The predicted molar refractivity (Wildman–Crippen MR) is 78.2 cm³/mol. The van der Waals surface area contributed by atoms with Crippen molar-refractivity contribution < 1.29 is 14.3 Å². The summed E-state index contributed by atoms with van der Waals surface area (Å²) in [6.45, 7) is 3.87. The van der Waals surface area contributed by atoms with Crippen LogP contribution in [0.1, 0.15) is 19.4 Å². The van der Waals surface area contributed by atoms with Crippen LogP contribution in [0.3, 0.4) is 0 Å². The molecular weight excluding hydrogens is 258 g/mol. The molecular formula is C14H21N3O3. The van der Waals surface area contributed by atoms with Crippen molar-refractivity contribution in [2.24, 2.45) is 16.8 Å². The first kappa shape index (κ1) is 15.8. The lowest BCUT2D eigenvalue weighted by atomic mass is 9.97. The van der Waals surface area contributed by atoms with Gasteiger partial charge in [-0.2, -0.15) is 5.10 Å². The molecule has 1 rings (SSSR count). The van der Waals surface area contributed by atoms with Crippen molar-refractivity contribution in [3.05, 3.63) is 23.8 Å². The Balaban J connectivity index is 2.77. The van der Waals surface area contributed by atoms with Crippen LogP contribution in [0, 0.1) is 5.92 Å². The zero-order chi connectivity index (χ0) is 15.1. The first-order valence-corrected chi connectivity index (χ1v) is 6.28. The van der Waals surface area contributed by atoms with E-state index in [1.54, 1.807) is 14.2 Å². The van der Waals surface area contributed by atoms with Crippen molar-refractivity contribution in [2.45, 2.75) is 20.3 Å². The fraction of sp³-hybridized carbons (Fsp3) is 0.429. The van der Waals surface area contributed by atoms with Crippen molar-refractivity contribution in [3.8, 4) is 11.5 Å². The van der Waals surface area contributed by atoms with Crippen LogP contribution in [-0.4, -0.2) is 26.0 Å². The molecule has 1 aromatic rings. The first-order chi connectivity index (χ1) is 9.47. The van der Waals surface area contributed by atoms with E-state index in [1.165, 1.54) is 0 Å². The molecule has 1 atom stereocenters. The largest absolute Gasteiger partial charge is 0.493 e. The van der Waals surface area contributed by atoms with Crippen LogP contribution < -0.4 is 20.6 Å². The zero-order valence-corrected chi connectivity index (χ0v) is 12.3. The van der Waals surface area contributed by atoms with Gasteiger partial charge in [-0.05, 0) is 37.0 Å². The molecule has 0 aliphatic rings. The summed E-state index contributed by atoms with van der Waals surface area (Å²) in [6, 6.07) is 5.12. The lowest BCUT2D eigenvalue weighted by Crippen LogP contribution is -2.26. The molecule has 3 N–H and O–H groups in total. The Morgan fingerprint density at radius 1 is 1.35 bits per heavy atom. The van der Waals surface area contributed by atoms with Gasteiger partial charge in [0, 0.05) is 5.71 Å². The quantitative estimate of drug-likeness (QED) is 0.616. The molecule has 0 fully saturated rings. The molecule has 0 radical (unpaired) electrons. The molecule has 2 amide bonds. The van der Waals surface area contributed by atoms with Crippen LogP contribution in [-0.2, 0) is 6.42 Å². The highest BCUT2D eigenvalue weighted by Gasteiger charge is 2.10. The average Bonchev–Trinajstić information content (AvgIpc) is 2.44. The van der Waals surface area contributed by atoms with Crippen LogP contribution >= 0.6 is 0 Å². The van der Waals surface area contributed by atoms with Gasteiger partial charge in [-0.15, -0.1) is 0 Å². The second kappa shape index (κ2) is 7.37. The monoisotopic (exact) mass is 279 g/mol. The maximum absolute atomic E-state index is 10.6. The molecule has 20 heavy (non-hydrogen) atoms. The molecule has 0 aromatic heterocycles. The van der Waals surface area contributed by atoms with Crippen LogP contribution in [0.5, 0.6) is 11.5 Å². The number of nitrogens with zero attached hydrogens (tertiary/aromatic N) is 1. The van der Waals surface area contributed by atoms with Gasteiger partial charge in [-0.3, -0.25) is 0 Å². The van der Waals surface area contributed by atoms with E-state index in [0.29, 0.717) is 11.5 Å². The Hall–Kier alpha value is -2.24. The van der Waals surface area contributed by atoms with E-state index in [9.17, 15) is 4.79 Å². The Bertz CT molecular complexity index is 500. The summed E-state index contributed by atoms with van der Waals surface area (Å²) in [5.41, 5.74) is 9.12. The summed E-state index contributed by atoms with van der Waals surface area (Å²) in [7, 11) is 3.21. The number of hydrogen-bond donors (Lipinski definition) is 2. The van der Waals surface area contributed by atoms with Gasteiger partial charge in [0.25, 0.3) is 0 Å². The molecule has 1 aromatic carbocycles. The highest BCUT2D eigenvalue weighted by atomic mass is 16.5. The molecule has 6 nitrogen and oxygen atoms in total. The van der Waals surface area contributed by atoms with Gasteiger partial charge in [-0.1, -0.05) is 13.0 Å². The number of benzene rings is 1. The molecule has 0 bridgehead atoms. The summed E-state index contributed by atoms with van der Waals surface area (Å²) >= 11 is 0. The number of primary amides is 1. The molecule has 0 aliphatic heterocycles. The van der Waals surface area contributed by atoms with E-state index in [1.807, 2.05) is 32.0 Å². The number of amides is 2. The number of hydrazone groups is 1. The van der Waals surface area contributed by atoms with Crippen LogP contribution in [0.4, 0.5) is 4.79 Å². The number of nitrogens with two attached hydrogens (primary N) is 1. The van der Waals surface area contributed by atoms with Crippen LogP contribution in [0.2, 0.25) is 0 Å². The van der Waals surface area contributed by atoms with Crippen molar-refractivity contribution in [1.82, 2.24) is 5.43 Å². The van der Waals surface area contributed by atoms with E-state index in [0.717, 1.165) is 17.7 Å². The molecule has 0 unspecified atom stereocenters. The second-order valence-electron chi connectivity index (χ2n) is 4.52. The third-order valence-corrected chi connectivity index (χ3v) is 3.05. The molecule has 0 saturated carbocycles. The van der Waals surface area contributed by atoms with Gasteiger partial charge in [0.15, 0.2) is 11.5 Å². The summed E-state index contributed by atoms with van der Waals surface area (Å²) < 4.78 is 10.5. The summed E-state index contributed by atoms with van der Waals surface area (Å²) in [6.07, 6.45) is 0.774. The fourth-order valence-corrected chi connectivity index (χ4v) is 1.76. The Kier molecular flexibility index (Phi) is 5.83. The highest BCUT2D eigenvalue weighted by molar-refractivity contribution is 5.85. The Morgan fingerprint density at radius 2 is 2.00 bits per heavy atom. The maximum atomic E-state index is 10.6. The Morgan fingerprint density at radius 3 is 2.55 bits per heavy atom. The van der Waals surface area contributed by atoms with Crippen LogP contribution in [0.15, 0.2) is 23.3 Å². The van der Waals surface area contributed by atoms with Crippen molar-refractivity contribution >= 4 is 11.7 Å². The second-order valence-corrected chi connectivity index (χ2v) is 4.52. The Labute approximate surface area is 118 Å². The van der Waals surface area contributed by atoms with E-state index in [2.05, 4.69) is 10.5 Å². The topological polar surface area (TPSA) is 85.9 Å². The number of hydrogen-bond acceptors (Lipinski definition) is 4. The lowest BCUT2D eigenvalue weighted by Gasteiger charge is -2.13. The van der Waals surface area contributed by atoms with Gasteiger partial charge in [-0.25, -0.2) is 10.2 Å². The third-order valence-electron chi connectivity index (χ3n) is 3.05. The van der Waals surface area contributed by atoms with Gasteiger partial charge in [0.1, 0.15) is 0 Å². The minimum absolute atomic E-state index is 0.167. The van der Waals surface area contributed by atoms with Gasteiger partial charge < -0.3 is 15.2 Å². The minimum Gasteiger partial charge on any atom is -0.493 e. The number of ether oxygens (including phenoxy) is 2. The van der Waals surface area contributed by atoms with Crippen molar-refractivity contribution in [1.29, 1.82) is 0 Å². The number of rotatable bonds is 6. The fourth-order valence-electron chi connectivity index (χ4n) is 1.76. The molecule has 6 heteroatoms. The normalized spacial score (nSPS) is 12.7. The molecule has 0 spiro atoms. The van der Waals surface area contributed by atoms with Crippen LogP contribution in [0.25, 0.3) is 0 Å². The molecule has 0 aliphatic carbocycles. The SMILES string of the molecule is COc1ccc(C[C@H](C)/C(C)=N/NC(N)=O)cc1OC. The molecule has 110 valence electrons. The zero-order valence-electron chi connectivity index (χ0n) is 12.3. The maximum Gasteiger partial charge on any atom is 0.332 e. The van der Waals surface area contributed by atoms with Gasteiger partial charge in [0.2, 0.25) is 0 Å². The van der Waals surface area contributed by atoms with Gasteiger partial charge >= 0.3 is 6.03 Å². The van der Waals surface area contributed by atoms with E-state index in [4.69, 9.17) is 15.2 Å². The van der Waals surface area contributed by atoms with E-state index >= 15 is 0 Å². The van der Waals surface area contributed by atoms with Crippen molar-refractivity contribution in [3.63, 3.8) is 0 Å². The number of methoxy groups -OCH3 is 2. The highest BCUT2D eigenvalue weighted by Crippen LogP contribution is 2.28. The number of nitrogens with one attached hydrogen (secondary N) is 1. The standard InChI is InChI=1S/C14H21N3O3/c1-9(10(2)16-17-14(15)18)7-11-5-6-12(19-3)13(8-11)20-4/h5-6,8-9H,7H2,1-4H3,(H3,15,17,18)/b16-10+/t9-/m0/s1. The van der Waals surface area contributed by atoms with Gasteiger partial charge in [0.05, 0.1) is 14.2 Å². The predicted octanol–water partition coefficient (Wildman–Crippen LogP) is 1.93. The summed E-state index contributed by atoms with van der Waals surface area (Å²) in [5.74, 6) is 1.56. The van der Waals surface area contributed by atoms with E-state index < -0.39 is 6.03 Å². The molecule has 0 heterocycles. The molecule has 0 saturated heterocycles. The number of urea groups is 1.